The van der Waals surface area contributed by atoms with Crippen molar-refractivity contribution >= 4 is 5.91 Å². The van der Waals surface area contributed by atoms with E-state index in [0.29, 0.717) is 19.0 Å². The number of ether oxygens (including phenoxy) is 1. The summed E-state index contributed by atoms with van der Waals surface area (Å²) in [5.74, 6) is 0.262. The molecule has 164 valence electrons. The number of nitrogens with zero attached hydrogens (tertiary/aromatic N) is 4. The number of nitrogens with two attached hydrogens (primary N) is 1. The first-order valence-electron chi connectivity index (χ1n) is 10.4. The van der Waals surface area contributed by atoms with Gasteiger partial charge in [0.2, 0.25) is 5.91 Å². The fourth-order valence-corrected chi connectivity index (χ4v) is 3.09. The van der Waals surface area contributed by atoms with Gasteiger partial charge in [0.05, 0.1) is 18.8 Å². The first kappa shape index (κ1) is 22.6. The van der Waals surface area contributed by atoms with Crippen molar-refractivity contribution < 1.29 is 9.53 Å². The molecule has 0 bridgehead atoms. The first-order chi connectivity index (χ1) is 14.9. The number of rotatable bonds is 11. The predicted octanol–water partition coefficient (Wildman–Crippen LogP) is 2.42. The monoisotopic (exact) mass is 422 g/mol. The van der Waals surface area contributed by atoms with Crippen LogP contribution in [0, 0.1) is 0 Å². The van der Waals surface area contributed by atoms with Gasteiger partial charge in [0.25, 0.3) is 0 Å². The van der Waals surface area contributed by atoms with E-state index < -0.39 is 11.6 Å². The van der Waals surface area contributed by atoms with Crippen LogP contribution < -0.4 is 11.1 Å². The molecule has 2 aromatic carbocycles. The molecule has 0 saturated carbocycles. The number of amides is 1. The molecule has 1 unspecified atom stereocenters. The molecule has 1 heterocycles. The minimum absolute atomic E-state index is 0.232. The maximum absolute atomic E-state index is 12.5. The van der Waals surface area contributed by atoms with Crippen molar-refractivity contribution in [1.29, 1.82) is 0 Å². The second kappa shape index (κ2) is 10.8. The lowest BCUT2D eigenvalue weighted by molar-refractivity contribution is -0.126. The lowest BCUT2D eigenvalue weighted by atomic mass is 10.1. The van der Waals surface area contributed by atoms with E-state index in [1.54, 1.807) is 18.5 Å². The fraction of sp³-hybridized carbons (Fsp3) is 0.391. The van der Waals surface area contributed by atoms with Crippen molar-refractivity contribution in [3.05, 3.63) is 77.6 Å². The van der Waals surface area contributed by atoms with Gasteiger partial charge in [-0.2, -0.15) is 0 Å². The highest BCUT2D eigenvalue weighted by Gasteiger charge is 2.28. The summed E-state index contributed by atoms with van der Waals surface area (Å²) in [5, 5.41) is 15.1. The highest BCUT2D eigenvalue weighted by atomic mass is 16.5. The van der Waals surface area contributed by atoms with Crippen LogP contribution in [0.4, 0.5) is 0 Å². The Bertz CT molecular complexity index is 937. The molecule has 0 aliphatic rings. The Morgan fingerprint density at radius 2 is 1.74 bits per heavy atom. The van der Waals surface area contributed by atoms with Gasteiger partial charge in [-0.15, -0.1) is 5.10 Å². The summed E-state index contributed by atoms with van der Waals surface area (Å²) in [6.45, 7) is 4.61. The Labute approximate surface area is 182 Å². The quantitative estimate of drug-likeness (QED) is 0.491. The van der Waals surface area contributed by atoms with E-state index in [9.17, 15) is 4.79 Å². The fourth-order valence-electron chi connectivity index (χ4n) is 3.09. The molecule has 0 saturated heterocycles. The molecule has 0 fully saturated rings. The number of aromatic nitrogens is 4. The molecular weight excluding hydrogens is 392 g/mol. The van der Waals surface area contributed by atoms with Crippen molar-refractivity contribution in [3.8, 4) is 0 Å². The minimum atomic E-state index is -1.02. The molecule has 1 aromatic heterocycles. The van der Waals surface area contributed by atoms with Crippen LogP contribution in [0.3, 0.4) is 0 Å². The van der Waals surface area contributed by atoms with Crippen molar-refractivity contribution in [2.45, 2.75) is 51.4 Å². The van der Waals surface area contributed by atoms with Crippen molar-refractivity contribution in [2.24, 2.45) is 5.73 Å². The molecule has 0 spiro atoms. The average molecular weight is 423 g/mol. The number of nitrogens with one attached hydrogen (secondary N) is 1. The Balaban J connectivity index is 1.66. The van der Waals surface area contributed by atoms with Gasteiger partial charge in [-0.1, -0.05) is 60.7 Å². The first-order valence-corrected chi connectivity index (χ1v) is 10.4. The Morgan fingerprint density at radius 1 is 1.10 bits per heavy atom. The van der Waals surface area contributed by atoms with Gasteiger partial charge >= 0.3 is 0 Å². The van der Waals surface area contributed by atoms with E-state index in [1.807, 2.05) is 48.5 Å². The summed E-state index contributed by atoms with van der Waals surface area (Å²) in [4.78, 5) is 12.5. The second-order valence-corrected chi connectivity index (χ2v) is 8.10. The van der Waals surface area contributed by atoms with Gasteiger partial charge in [-0.3, -0.25) is 4.79 Å². The van der Waals surface area contributed by atoms with Gasteiger partial charge in [0, 0.05) is 6.54 Å². The zero-order valence-electron chi connectivity index (χ0n) is 18.1. The third-order valence-corrected chi connectivity index (χ3v) is 4.84. The number of hydrogen-bond acceptors (Lipinski definition) is 6. The van der Waals surface area contributed by atoms with Crippen LogP contribution in [0.15, 0.2) is 60.7 Å². The van der Waals surface area contributed by atoms with E-state index in [2.05, 4.69) is 33.0 Å². The van der Waals surface area contributed by atoms with Crippen molar-refractivity contribution in [1.82, 2.24) is 25.5 Å². The normalized spacial score (nSPS) is 12.5. The number of carbonyl (C=O) groups excluding carboxylic acids is 1. The Morgan fingerprint density at radius 3 is 2.39 bits per heavy atom. The Hall–Kier alpha value is -3.10. The molecule has 0 aliphatic heterocycles. The lowest BCUT2D eigenvalue weighted by Gasteiger charge is -2.23. The third kappa shape index (κ3) is 6.97. The van der Waals surface area contributed by atoms with E-state index in [1.165, 1.54) is 5.56 Å². The van der Waals surface area contributed by atoms with Crippen LogP contribution in [0.1, 0.15) is 43.3 Å². The maximum Gasteiger partial charge on any atom is 0.240 e. The molecule has 0 aliphatic carbocycles. The lowest BCUT2D eigenvalue weighted by Crippen LogP contribution is -2.51. The zero-order valence-corrected chi connectivity index (χ0v) is 18.1. The van der Waals surface area contributed by atoms with Gasteiger partial charge in [-0.05, 0) is 48.2 Å². The zero-order chi connectivity index (χ0) is 22.1. The molecule has 8 heteroatoms. The summed E-state index contributed by atoms with van der Waals surface area (Å²) in [7, 11) is 0. The molecular formula is C23H30N6O2. The minimum Gasteiger partial charge on any atom is -0.374 e. The van der Waals surface area contributed by atoms with Crippen molar-refractivity contribution in [3.63, 3.8) is 0 Å². The van der Waals surface area contributed by atoms with E-state index in [-0.39, 0.29) is 12.5 Å². The number of benzene rings is 2. The van der Waals surface area contributed by atoms with E-state index in [0.717, 1.165) is 18.4 Å². The molecule has 8 nitrogen and oxygen atoms in total. The smallest absolute Gasteiger partial charge is 0.240 e. The molecule has 3 rings (SSSR count). The standard InChI is InChI=1S/C23H30N6O2/c1-23(2,24)22(30)25-20(17-31-16-19-12-7-4-8-13-19)21-26-27-28-29(21)15-9-14-18-10-5-3-6-11-18/h3-8,10-13,20H,9,14-17,24H2,1-2H3,(H,25,30). The van der Waals surface area contributed by atoms with Crippen LogP contribution in [-0.4, -0.2) is 38.3 Å². The van der Waals surface area contributed by atoms with Crippen molar-refractivity contribution in [2.75, 3.05) is 6.61 Å². The molecule has 0 radical (unpaired) electrons. The molecule has 3 aromatic rings. The van der Waals surface area contributed by atoms with Crippen LogP contribution in [0.5, 0.6) is 0 Å². The summed E-state index contributed by atoms with van der Waals surface area (Å²) in [6, 6.07) is 19.6. The van der Waals surface area contributed by atoms with Gasteiger partial charge < -0.3 is 15.8 Å². The average Bonchev–Trinajstić information content (AvgIpc) is 3.22. The van der Waals surface area contributed by atoms with E-state index >= 15 is 0 Å². The molecule has 31 heavy (non-hydrogen) atoms. The summed E-state index contributed by atoms with van der Waals surface area (Å²) in [6.07, 6.45) is 1.79. The summed E-state index contributed by atoms with van der Waals surface area (Å²) >= 11 is 0. The Kier molecular flexibility index (Phi) is 7.86. The topological polar surface area (TPSA) is 108 Å². The number of tetrazole rings is 1. The largest absolute Gasteiger partial charge is 0.374 e. The summed E-state index contributed by atoms with van der Waals surface area (Å²) < 4.78 is 7.61. The molecule has 1 atom stereocenters. The maximum atomic E-state index is 12.5. The van der Waals surface area contributed by atoms with Gasteiger partial charge in [0.15, 0.2) is 5.82 Å². The van der Waals surface area contributed by atoms with Crippen LogP contribution in [0.25, 0.3) is 0 Å². The van der Waals surface area contributed by atoms with Gasteiger partial charge in [0.1, 0.15) is 6.04 Å². The van der Waals surface area contributed by atoms with Crippen LogP contribution >= 0.6 is 0 Å². The van der Waals surface area contributed by atoms with Crippen LogP contribution in [-0.2, 0) is 29.1 Å². The molecule has 1 amide bonds. The highest BCUT2D eigenvalue weighted by Crippen LogP contribution is 2.14. The van der Waals surface area contributed by atoms with E-state index in [4.69, 9.17) is 10.5 Å². The number of carbonyl (C=O) groups is 1. The third-order valence-electron chi connectivity index (χ3n) is 4.84. The second-order valence-electron chi connectivity index (χ2n) is 8.10. The highest BCUT2D eigenvalue weighted by molar-refractivity contribution is 5.85. The SMILES string of the molecule is CC(C)(N)C(=O)NC(COCc1ccccc1)c1nnnn1CCCc1ccccc1. The number of hydrogen-bond donors (Lipinski definition) is 2. The van der Waals surface area contributed by atoms with Gasteiger partial charge in [-0.25, -0.2) is 4.68 Å². The predicted molar refractivity (Wildman–Crippen MR) is 118 cm³/mol. The van der Waals surface area contributed by atoms with Crippen LogP contribution in [0.2, 0.25) is 0 Å². The summed E-state index contributed by atoms with van der Waals surface area (Å²) in [5.41, 5.74) is 7.26. The number of aryl methyl sites for hydroxylation is 2. The molecule has 3 N–H and O–H groups in total.